The number of fused-ring (bicyclic) bond motifs is 8. The van der Waals surface area contributed by atoms with Crippen molar-refractivity contribution < 1.29 is 4.74 Å². The fourth-order valence-electron chi connectivity index (χ4n) is 9.92. The second kappa shape index (κ2) is 10.9. The minimum atomic E-state index is -0.0400. The highest BCUT2D eigenvalue weighted by Gasteiger charge is 2.45. The van der Waals surface area contributed by atoms with Crippen LogP contribution in [0.3, 0.4) is 0 Å². The molecule has 2 aromatic heterocycles. The number of ether oxygens (including phenoxy) is 1. The van der Waals surface area contributed by atoms with Gasteiger partial charge in [0.25, 0.3) is 0 Å². The lowest BCUT2D eigenvalue weighted by molar-refractivity contribution is 0.0703. The molecule has 2 saturated carbocycles. The Morgan fingerprint density at radius 2 is 1.04 bits per heavy atom. The van der Waals surface area contributed by atoms with Crippen molar-refractivity contribution in [3.63, 3.8) is 0 Å². The van der Waals surface area contributed by atoms with Crippen molar-refractivity contribution in [2.24, 2.45) is 33.4 Å². The number of rotatable bonds is 4. The molecular formula is C44H40N4O. The standard InChI is InChI=1S/C44H40N4O/c1-28-19-29-21-30(20-28)26-44(2,25-29)43-46-45-38(27-49-43)31-22-32(47-39-15-7-3-11-34(39)35-12-4-8-16-40(35)47)24-33(23-31)48-41-17-9-5-13-36(41)37-14-6-10-18-42(37)48/h3-18,22-24,28-30H,19-21,25-27H2,1-2H3. The first-order valence-electron chi connectivity index (χ1n) is 17.9. The van der Waals surface area contributed by atoms with Gasteiger partial charge in [-0.2, -0.15) is 0 Å². The lowest BCUT2D eigenvalue weighted by Crippen LogP contribution is -2.43. The maximum atomic E-state index is 6.63. The molecule has 242 valence electrons. The zero-order chi connectivity index (χ0) is 32.7. The molecule has 0 saturated heterocycles. The molecule has 2 unspecified atom stereocenters. The highest BCUT2D eigenvalue weighted by atomic mass is 16.5. The van der Waals surface area contributed by atoms with Crippen LogP contribution in [-0.4, -0.2) is 27.4 Å². The minimum absolute atomic E-state index is 0.0400. The van der Waals surface area contributed by atoms with Crippen molar-refractivity contribution in [1.82, 2.24) is 9.13 Å². The SMILES string of the molecule is CC1CC2CC(C1)CC(C)(C1=NN=C(c3cc(-n4c5ccccc5c5ccccc54)cc(-n4c5ccccc5c5ccccc54)c3)CO1)C2. The summed E-state index contributed by atoms with van der Waals surface area (Å²) in [6, 6.07) is 41.7. The molecular weight excluding hydrogens is 601 g/mol. The van der Waals surface area contributed by atoms with E-state index < -0.39 is 0 Å². The van der Waals surface area contributed by atoms with Crippen LogP contribution in [0.2, 0.25) is 0 Å². The molecule has 2 fully saturated rings. The van der Waals surface area contributed by atoms with Gasteiger partial charge >= 0.3 is 0 Å². The topological polar surface area (TPSA) is 43.8 Å². The Hall–Kier alpha value is -5.16. The summed E-state index contributed by atoms with van der Waals surface area (Å²) in [4.78, 5) is 0. The van der Waals surface area contributed by atoms with Gasteiger partial charge in [-0.25, -0.2) is 0 Å². The molecule has 7 aromatic rings. The second-order valence-corrected chi connectivity index (χ2v) is 15.2. The zero-order valence-corrected chi connectivity index (χ0v) is 28.1. The summed E-state index contributed by atoms with van der Waals surface area (Å²) >= 11 is 0. The maximum Gasteiger partial charge on any atom is 0.214 e. The third kappa shape index (κ3) is 4.58. The van der Waals surface area contributed by atoms with E-state index in [1.54, 1.807) is 0 Å². The van der Waals surface area contributed by atoms with E-state index in [1.807, 2.05) is 0 Å². The molecule has 3 heterocycles. The number of nitrogens with zero attached hydrogens (tertiary/aromatic N) is 4. The quantitative estimate of drug-likeness (QED) is 0.189. The van der Waals surface area contributed by atoms with Gasteiger partial charge in [0.1, 0.15) is 12.3 Å². The first-order chi connectivity index (χ1) is 24.0. The molecule has 0 spiro atoms. The summed E-state index contributed by atoms with van der Waals surface area (Å²) in [7, 11) is 0. The van der Waals surface area contributed by atoms with Gasteiger partial charge in [-0.3, -0.25) is 0 Å². The van der Waals surface area contributed by atoms with Crippen molar-refractivity contribution >= 4 is 55.2 Å². The molecule has 0 N–H and O–H groups in total. The summed E-state index contributed by atoms with van der Waals surface area (Å²) in [6.45, 7) is 5.21. The van der Waals surface area contributed by atoms with Crippen LogP contribution in [0.25, 0.3) is 55.0 Å². The van der Waals surface area contributed by atoms with Gasteiger partial charge in [0, 0.05) is 43.9 Å². The fourth-order valence-corrected chi connectivity index (χ4v) is 9.92. The Kier molecular flexibility index (Phi) is 6.43. The largest absolute Gasteiger partial charge is 0.473 e. The number of hydrogen-bond donors (Lipinski definition) is 0. The molecule has 0 radical (unpaired) electrons. The first-order valence-corrected chi connectivity index (χ1v) is 17.9. The summed E-state index contributed by atoms with van der Waals surface area (Å²) in [5, 5.41) is 14.8. The van der Waals surface area contributed by atoms with Gasteiger partial charge in [0.05, 0.1) is 22.1 Å². The van der Waals surface area contributed by atoms with Crippen molar-refractivity contribution in [3.8, 4) is 11.4 Å². The average molecular weight is 641 g/mol. The van der Waals surface area contributed by atoms with Crippen LogP contribution < -0.4 is 0 Å². The van der Waals surface area contributed by atoms with E-state index in [0.29, 0.717) is 6.61 Å². The second-order valence-electron chi connectivity index (χ2n) is 15.2. The average Bonchev–Trinajstić information content (AvgIpc) is 3.64. The van der Waals surface area contributed by atoms with E-state index in [-0.39, 0.29) is 5.41 Å². The van der Waals surface area contributed by atoms with E-state index in [2.05, 4.69) is 138 Å². The van der Waals surface area contributed by atoms with E-state index in [9.17, 15) is 0 Å². The molecule has 2 bridgehead atoms. The lowest BCUT2D eigenvalue weighted by Gasteiger charge is -2.47. The lowest BCUT2D eigenvalue weighted by atomic mass is 9.59. The number of benzene rings is 5. The highest BCUT2D eigenvalue weighted by Crippen LogP contribution is 2.51. The molecule has 10 rings (SSSR count). The third-order valence-corrected chi connectivity index (χ3v) is 11.7. The number of aromatic nitrogens is 2. The molecule has 3 aliphatic rings. The summed E-state index contributed by atoms with van der Waals surface area (Å²) < 4.78 is 11.4. The molecule has 2 aliphatic carbocycles. The van der Waals surface area contributed by atoms with Crippen LogP contribution in [0.4, 0.5) is 0 Å². The zero-order valence-electron chi connectivity index (χ0n) is 28.1. The van der Waals surface area contributed by atoms with Gasteiger partial charge in [0.2, 0.25) is 5.90 Å². The van der Waals surface area contributed by atoms with Crippen LogP contribution in [0.1, 0.15) is 51.5 Å². The molecule has 5 nitrogen and oxygen atoms in total. The normalized spacial score (nSPS) is 23.9. The minimum Gasteiger partial charge on any atom is -0.473 e. The maximum absolute atomic E-state index is 6.63. The summed E-state index contributed by atoms with van der Waals surface area (Å²) in [6.07, 6.45) is 6.32. The summed E-state index contributed by atoms with van der Waals surface area (Å²) in [5.74, 6) is 3.20. The Balaban J connectivity index is 1.17. The highest BCUT2D eigenvalue weighted by molar-refractivity contribution is 6.11. The predicted octanol–water partition coefficient (Wildman–Crippen LogP) is 10.9. The monoisotopic (exact) mass is 640 g/mol. The molecule has 0 amide bonds. The van der Waals surface area contributed by atoms with Gasteiger partial charge in [-0.05, 0) is 92.3 Å². The van der Waals surface area contributed by atoms with Crippen LogP contribution in [0.5, 0.6) is 0 Å². The Morgan fingerprint density at radius 3 is 1.47 bits per heavy atom. The fraction of sp³-hybridized carbons (Fsp3) is 0.273. The van der Waals surface area contributed by atoms with Crippen molar-refractivity contribution in [2.45, 2.75) is 46.0 Å². The van der Waals surface area contributed by atoms with Gasteiger partial charge in [0.15, 0.2) is 0 Å². The van der Waals surface area contributed by atoms with E-state index in [1.165, 1.54) is 62.9 Å². The molecule has 5 heteroatoms. The smallest absolute Gasteiger partial charge is 0.214 e. The van der Waals surface area contributed by atoms with Crippen molar-refractivity contribution in [3.05, 3.63) is 121 Å². The number of hydrogen-bond acceptors (Lipinski definition) is 3. The Labute approximate surface area is 286 Å². The first kappa shape index (κ1) is 28.8. The van der Waals surface area contributed by atoms with Crippen LogP contribution in [-0.2, 0) is 4.74 Å². The van der Waals surface area contributed by atoms with E-state index in [0.717, 1.165) is 59.1 Å². The third-order valence-electron chi connectivity index (χ3n) is 11.7. The van der Waals surface area contributed by atoms with Crippen molar-refractivity contribution in [1.29, 1.82) is 0 Å². The van der Waals surface area contributed by atoms with E-state index in [4.69, 9.17) is 14.9 Å². The predicted molar refractivity (Wildman–Crippen MR) is 202 cm³/mol. The van der Waals surface area contributed by atoms with Gasteiger partial charge in [-0.1, -0.05) is 86.6 Å². The van der Waals surface area contributed by atoms with Gasteiger partial charge in [-0.15, -0.1) is 10.2 Å². The Bertz CT molecular complexity index is 2240. The van der Waals surface area contributed by atoms with Crippen LogP contribution >= 0.6 is 0 Å². The van der Waals surface area contributed by atoms with Crippen LogP contribution in [0.15, 0.2) is 125 Å². The van der Waals surface area contributed by atoms with Crippen molar-refractivity contribution in [2.75, 3.05) is 6.61 Å². The van der Waals surface area contributed by atoms with Crippen LogP contribution in [0, 0.1) is 23.2 Å². The molecule has 2 atom stereocenters. The summed E-state index contributed by atoms with van der Waals surface area (Å²) in [5.41, 5.74) is 8.75. The molecule has 49 heavy (non-hydrogen) atoms. The Morgan fingerprint density at radius 1 is 0.592 bits per heavy atom. The van der Waals surface area contributed by atoms with Gasteiger partial charge < -0.3 is 13.9 Å². The molecule has 5 aromatic carbocycles. The number of para-hydroxylation sites is 4. The van der Waals surface area contributed by atoms with E-state index >= 15 is 0 Å². The molecule has 1 aliphatic heterocycles.